The van der Waals surface area contributed by atoms with Crippen molar-refractivity contribution in [1.82, 2.24) is 15.1 Å². The third-order valence-corrected chi connectivity index (χ3v) is 7.39. The zero-order valence-corrected chi connectivity index (χ0v) is 16.7. The van der Waals surface area contributed by atoms with Crippen molar-refractivity contribution in [2.24, 2.45) is 11.7 Å². The van der Waals surface area contributed by atoms with Crippen molar-refractivity contribution in [1.29, 1.82) is 0 Å². The molecule has 4 heterocycles. The Hall–Kier alpha value is -2.25. The van der Waals surface area contributed by atoms with Crippen molar-refractivity contribution in [2.75, 3.05) is 13.1 Å². The van der Waals surface area contributed by atoms with Gasteiger partial charge in [-0.15, -0.1) is 0 Å². The molecule has 2 bridgehead atoms. The lowest BCUT2D eigenvalue weighted by molar-refractivity contribution is -0.136. The summed E-state index contributed by atoms with van der Waals surface area (Å²) in [6.45, 7) is 3.16. The van der Waals surface area contributed by atoms with Crippen molar-refractivity contribution in [3.63, 3.8) is 0 Å². The van der Waals surface area contributed by atoms with Crippen molar-refractivity contribution >= 4 is 17.7 Å². The molecule has 1 aliphatic carbocycles. The van der Waals surface area contributed by atoms with Gasteiger partial charge in [0.2, 0.25) is 11.8 Å². The molecule has 0 radical (unpaired) electrons. The highest BCUT2D eigenvalue weighted by atomic mass is 16.2. The Labute approximate surface area is 170 Å². The van der Waals surface area contributed by atoms with Crippen LogP contribution < -0.4 is 11.1 Å². The minimum absolute atomic E-state index is 0.111. The van der Waals surface area contributed by atoms with Crippen molar-refractivity contribution in [3.8, 4) is 0 Å². The molecule has 0 spiro atoms. The summed E-state index contributed by atoms with van der Waals surface area (Å²) >= 11 is 0. The Morgan fingerprint density at radius 2 is 2.00 bits per heavy atom. The second-order valence-corrected chi connectivity index (χ2v) is 9.14. The first-order valence-corrected chi connectivity index (χ1v) is 10.7. The predicted octanol–water partition coefficient (Wildman–Crippen LogP) is 1.15. The average Bonchev–Trinajstić information content (AvgIpc) is 2.98. The number of nitrogens with two attached hydrogens (primary N) is 1. The molecule has 1 saturated carbocycles. The maximum atomic E-state index is 12.9. The Morgan fingerprint density at radius 1 is 1.17 bits per heavy atom. The van der Waals surface area contributed by atoms with Gasteiger partial charge in [0.25, 0.3) is 5.91 Å². The van der Waals surface area contributed by atoms with Crippen LogP contribution >= 0.6 is 0 Å². The van der Waals surface area contributed by atoms with Crippen LogP contribution in [0.15, 0.2) is 18.2 Å². The van der Waals surface area contributed by atoms with Gasteiger partial charge in [-0.1, -0.05) is 12.1 Å². The maximum Gasteiger partial charge on any atom is 0.255 e. The van der Waals surface area contributed by atoms with Crippen molar-refractivity contribution in [2.45, 2.75) is 63.2 Å². The molecular weight excluding hydrogens is 368 g/mol. The molecule has 7 heteroatoms. The summed E-state index contributed by atoms with van der Waals surface area (Å²) in [5.41, 5.74) is 9.04. The molecule has 1 aromatic carbocycles. The number of nitrogens with one attached hydrogen (secondary N) is 1. The Kier molecular flexibility index (Phi) is 4.47. The van der Waals surface area contributed by atoms with Gasteiger partial charge in [0, 0.05) is 30.6 Å². The smallest absolute Gasteiger partial charge is 0.255 e. The summed E-state index contributed by atoms with van der Waals surface area (Å²) in [7, 11) is 0. The molecule has 29 heavy (non-hydrogen) atoms. The quantitative estimate of drug-likeness (QED) is 0.728. The van der Waals surface area contributed by atoms with Gasteiger partial charge in [0.15, 0.2) is 0 Å². The fourth-order valence-electron chi connectivity index (χ4n) is 5.88. The number of fused-ring (bicyclic) bond motifs is 3. The van der Waals surface area contributed by atoms with E-state index in [0.717, 1.165) is 37.5 Å². The van der Waals surface area contributed by atoms with E-state index in [9.17, 15) is 14.4 Å². The molecule has 1 unspecified atom stereocenters. The van der Waals surface area contributed by atoms with Gasteiger partial charge in [0.05, 0.1) is 0 Å². The van der Waals surface area contributed by atoms with Gasteiger partial charge < -0.3 is 10.6 Å². The normalized spacial score (nSPS) is 31.5. The van der Waals surface area contributed by atoms with E-state index in [1.165, 1.54) is 24.8 Å². The first-order chi connectivity index (χ1) is 14.0. The third-order valence-electron chi connectivity index (χ3n) is 7.39. The summed E-state index contributed by atoms with van der Waals surface area (Å²) in [5, 5.41) is 2.36. The average molecular weight is 396 g/mol. The molecule has 7 nitrogen and oxygen atoms in total. The fraction of sp³-hybridized carbons (Fsp3) is 0.591. The van der Waals surface area contributed by atoms with Crippen LogP contribution in [0.25, 0.3) is 0 Å². The molecule has 154 valence electrons. The van der Waals surface area contributed by atoms with Crippen LogP contribution in [0, 0.1) is 5.92 Å². The second-order valence-electron chi connectivity index (χ2n) is 9.14. The largest absolute Gasteiger partial charge is 0.330 e. The monoisotopic (exact) mass is 396 g/mol. The van der Waals surface area contributed by atoms with Gasteiger partial charge in [-0.05, 0) is 68.3 Å². The lowest BCUT2D eigenvalue weighted by Crippen LogP contribution is -2.62. The molecule has 3 amide bonds. The summed E-state index contributed by atoms with van der Waals surface area (Å²) in [4.78, 5) is 40.7. The van der Waals surface area contributed by atoms with E-state index < -0.39 is 6.04 Å². The number of hydrogen-bond acceptors (Lipinski definition) is 5. The minimum atomic E-state index is -0.558. The van der Waals surface area contributed by atoms with E-state index in [1.54, 1.807) is 4.90 Å². The van der Waals surface area contributed by atoms with E-state index in [0.29, 0.717) is 18.5 Å². The lowest BCUT2D eigenvalue weighted by Gasteiger charge is -2.59. The molecule has 4 fully saturated rings. The van der Waals surface area contributed by atoms with Crippen molar-refractivity contribution in [3.05, 3.63) is 34.9 Å². The van der Waals surface area contributed by atoms with Gasteiger partial charge in [0.1, 0.15) is 6.04 Å². The Morgan fingerprint density at radius 3 is 2.76 bits per heavy atom. The number of amides is 3. The molecule has 1 atom stereocenters. The van der Waals surface area contributed by atoms with Gasteiger partial charge in [-0.2, -0.15) is 0 Å². The van der Waals surface area contributed by atoms with Crippen LogP contribution in [0.5, 0.6) is 0 Å². The lowest BCUT2D eigenvalue weighted by atomic mass is 9.61. The molecule has 6 rings (SSSR count). The first kappa shape index (κ1) is 18.8. The highest BCUT2D eigenvalue weighted by Crippen LogP contribution is 2.51. The number of carbonyl (C=O) groups is 3. The number of piperidine rings is 3. The summed E-state index contributed by atoms with van der Waals surface area (Å²) < 4.78 is 0. The standard InChI is InChI=1S/C22H28N4O3/c23-7-6-22-10-15(11-22)5-8-25(22)12-14-1-2-17-16(9-14)13-26(21(17)29)18-3-4-19(27)24-20(18)28/h1-2,9,15,18H,3-8,10-13,23H2,(H,24,27,28). The zero-order chi connectivity index (χ0) is 20.2. The Bertz CT molecular complexity index is 871. The first-order valence-electron chi connectivity index (χ1n) is 10.7. The SMILES string of the molecule is NCCC12CC(CCN1Cc1ccc3c(c1)CN(C1CCC(=O)NC1=O)C3=O)C2. The van der Waals surface area contributed by atoms with Crippen LogP contribution in [0.4, 0.5) is 0 Å². The summed E-state index contributed by atoms with van der Waals surface area (Å²) in [5.74, 6) is 0.140. The zero-order valence-electron chi connectivity index (χ0n) is 16.7. The van der Waals surface area contributed by atoms with Gasteiger partial charge in [-0.25, -0.2) is 0 Å². The fourth-order valence-corrected chi connectivity index (χ4v) is 5.88. The van der Waals surface area contributed by atoms with E-state index in [4.69, 9.17) is 5.73 Å². The number of benzene rings is 1. The van der Waals surface area contributed by atoms with Gasteiger partial charge >= 0.3 is 0 Å². The van der Waals surface area contributed by atoms with Crippen LogP contribution in [-0.2, 0) is 22.7 Å². The number of carbonyl (C=O) groups excluding carboxylic acids is 3. The number of nitrogens with zero attached hydrogens (tertiary/aromatic N) is 2. The summed E-state index contributed by atoms with van der Waals surface area (Å²) in [6.07, 6.45) is 5.51. The van der Waals surface area contributed by atoms with Crippen molar-refractivity contribution < 1.29 is 14.4 Å². The molecule has 3 N–H and O–H groups in total. The topological polar surface area (TPSA) is 95.7 Å². The molecule has 3 saturated heterocycles. The molecule has 4 aliphatic heterocycles. The molecule has 0 aromatic heterocycles. The number of rotatable bonds is 5. The van der Waals surface area contributed by atoms with E-state index in [2.05, 4.69) is 16.3 Å². The number of hydrogen-bond donors (Lipinski definition) is 2. The van der Waals surface area contributed by atoms with Crippen LogP contribution in [0.1, 0.15) is 60.0 Å². The highest BCUT2D eigenvalue weighted by Gasteiger charge is 2.51. The van der Waals surface area contributed by atoms with Crippen LogP contribution in [0.2, 0.25) is 0 Å². The predicted molar refractivity (Wildman–Crippen MR) is 107 cm³/mol. The third kappa shape index (κ3) is 3.07. The minimum Gasteiger partial charge on any atom is -0.330 e. The summed E-state index contributed by atoms with van der Waals surface area (Å²) in [6, 6.07) is 5.52. The Balaban J connectivity index is 1.32. The van der Waals surface area contributed by atoms with Gasteiger partial charge in [-0.3, -0.25) is 24.6 Å². The highest BCUT2D eigenvalue weighted by molar-refractivity contribution is 6.05. The maximum absolute atomic E-state index is 12.9. The molecular formula is C22H28N4O3. The van der Waals surface area contributed by atoms with E-state index in [-0.39, 0.29) is 29.7 Å². The van der Waals surface area contributed by atoms with Crippen LogP contribution in [0.3, 0.4) is 0 Å². The van der Waals surface area contributed by atoms with Crippen LogP contribution in [-0.4, -0.2) is 52.2 Å². The number of imide groups is 1. The molecule has 5 aliphatic rings. The molecule has 1 aromatic rings. The van der Waals surface area contributed by atoms with E-state index >= 15 is 0 Å². The van der Waals surface area contributed by atoms with E-state index in [1.807, 2.05) is 12.1 Å². The second kappa shape index (κ2) is 6.92.